The minimum absolute atomic E-state index is 0.0230. The number of amides is 1. The Kier molecular flexibility index (Phi) is 6.15. The second-order valence-electron chi connectivity index (χ2n) is 6.17. The third-order valence-electron chi connectivity index (χ3n) is 3.65. The fourth-order valence-electron chi connectivity index (χ4n) is 2.40. The van der Waals surface area contributed by atoms with Gasteiger partial charge < -0.3 is 14.7 Å². The van der Waals surface area contributed by atoms with Crippen molar-refractivity contribution >= 4 is 5.91 Å². The van der Waals surface area contributed by atoms with E-state index in [1.807, 2.05) is 13.8 Å². The lowest BCUT2D eigenvalue weighted by atomic mass is 10.1. The lowest BCUT2D eigenvalue weighted by Crippen LogP contribution is -2.41. The van der Waals surface area contributed by atoms with Gasteiger partial charge in [-0.3, -0.25) is 4.79 Å². The van der Waals surface area contributed by atoms with Crippen LogP contribution in [0.15, 0.2) is 48.5 Å². The van der Waals surface area contributed by atoms with E-state index in [1.165, 1.54) is 0 Å². The second kappa shape index (κ2) is 8.32. The molecule has 1 amide bonds. The number of carbonyl (C=O) groups is 1. The first-order valence-electron chi connectivity index (χ1n) is 8.18. The normalized spacial score (nSPS) is 11.7. The monoisotopic (exact) mass is 338 g/mol. The average Bonchev–Trinajstić information content (AvgIpc) is 2.59. The number of hydrogen-bond acceptors (Lipinski definition) is 4. The zero-order valence-electron chi connectivity index (χ0n) is 14.6. The van der Waals surface area contributed by atoms with Gasteiger partial charge in [0.2, 0.25) is 0 Å². The van der Waals surface area contributed by atoms with Crippen LogP contribution in [0.1, 0.15) is 36.7 Å². The van der Waals surface area contributed by atoms with Crippen LogP contribution >= 0.6 is 0 Å². The van der Waals surface area contributed by atoms with E-state index in [9.17, 15) is 9.90 Å². The van der Waals surface area contributed by atoms with Crippen LogP contribution in [0, 0.1) is 11.3 Å². The molecule has 1 atom stereocenters. The van der Waals surface area contributed by atoms with E-state index >= 15 is 0 Å². The largest absolute Gasteiger partial charge is 0.457 e. The van der Waals surface area contributed by atoms with Crippen molar-refractivity contribution in [3.05, 3.63) is 59.7 Å². The molecule has 0 saturated carbocycles. The number of hydrogen-bond donors (Lipinski definition) is 1. The number of ether oxygens (including phenoxy) is 1. The second-order valence-corrected chi connectivity index (χ2v) is 6.17. The highest BCUT2D eigenvalue weighted by Crippen LogP contribution is 2.23. The smallest absolute Gasteiger partial charge is 0.254 e. The van der Waals surface area contributed by atoms with Crippen molar-refractivity contribution in [3.63, 3.8) is 0 Å². The lowest BCUT2D eigenvalue weighted by Gasteiger charge is -2.28. The summed E-state index contributed by atoms with van der Waals surface area (Å²) in [6.45, 7) is 5.76. The summed E-state index contributed by atoms with van der Waals surface area (Å²) >= 11 is 0. The molecule has 2 aromatic carbocycles. The van der Waals surface area contributed by atoms with E-state index in [0.717, 1.165) is 0 Å². The zero-order chi connectivity index (χ0) is 18.4. The maximum absolute atomic E-state index is 12.7. The molecular formula is C20H22N2O3. The van der Waals surface area contributed by atoms with Crippen molar-refractivity contribution in [3.8, 4) is 17.6 Å². The quantitative estimate of drug-likeness (QED) is 0.873. The summed E-state index contributed by atoms with van der Waals surface area (Å²) < 4.78 is 5.76. The standard InChI is InChI=1S/C20H22N2O3/c1-14(2)22(13-15(3)23)20(24)17-5-4-6-19(11-17)25-18-9-7-16(12-21)8-10-18/h4-11,14-15,23H,13H2,1-3H3. The summed E-state index contributed by atoms with van der Waals surface area (Å²) in [5, 5.41) is 18.4. The van der Waals surface area contributed by atoms with Crippen molar-refractivity contribution < 1.29 is 14.6 Å². The highest BCUT2D eigenvalue weighted by atomic mass is 16.5. The van der Waals surface area contributed by atoms with Crippen LogP contribution in [0.5, 0.6) is 11.5 Å². The van der Waals surface area contributed by atoms with E-state index in [4.69, 9.17) is 10.00 Å². The number of rotatable bonds is 6. The Morgan fingerprint density at radius 1 is 1.16 bits per heavy atom. The summed E-state index contributed by atoms with van der Waals surface area (Å²) in [6, 6.07) is 15.7. The van der Waals surface area contributed by atoms with Crippen LogP contribution in [0.3, 0.4) is 0 Å². The van der Waals surface area contributed by atoms with Crippen molar-refractivity contribution in [1.29, 1.82) is 5.26 Å². The molecule has 0 spiro atoms. The fraction of sp³-hybridized carbons (Fsp3) is 0.300. The fourth-order valence-corrected chi connectivity index (χ4v) is 2.40. The van der Waals surface area contributed by atoms with Crippen molar-refractivity contribution in [2.45, 2.75) is 32.9 Å². The number of aliphatic hydroxyl groups excluding tert-OH is 1. The summed E-state index contributed by atoms with van der Waals surface area (Å²) in [5.74, 6) is 0.978. The van der Waals surface area contributed by atoms with Gasteiger partial charge in [0.05, 0.1) is 17.7 Å². The molecule has 2 aromatic rings. The highest BCUT2D eigenvalue weighted by molar-refractivity contribution is 5.94. The summed E-state index contributed by atoms with van der Waals surface area (Å²) in [4.78, 5) is 14.4. The molecule has 0 aliphatic heterocycles. The summed E-state index contributed by atoms with van der Waals surface area (Å²) in [5.41, 5.74) is 1.06. The Hall–Kier alpha value is -2.84. The predicted octanol–water partition coefficient (Wildman–Crippen LogP) is 3.58. The summed E-state index contributed by atoms with van der Waals surface area (Å²) in [6.07, 6.45) is -0.593. The number of carbonyl (C=O) groups excluding carboxylic acids is 1. The molecule has 5 heteroatoms. The first-order chi connectivity index (χ1) is 11.9. The van der Waals surface area contributed by atoms with E-state index in [1.54, 1.807) is 60.4 Å². The molecule has 130 valence electrons. The molecule has 0 aliphatic carbocycles. The van der Waals surface area contributed by atoms with Crippen LogP contribution in [-0.4, -0.2) is 34.6 Å². The minimum Gasteiger partial charge on any atom is -0.457 e. The molecule has 0 radical (unpaired) electrons. The topological polar surface area (TPSA) is 73.6 Å². The van der Waals surface area contributed by atoms with Crippen molar-refractivity contribution in [2.24, 2.45) is 0 Å². The van der Waals surface area contributed by atoms with Gasteiger partial charge in [-0.25, -0.2) is 0 Å². The molecule has 0 aromatic heterocycles. The molecule has 25 heavy (non-hydrogen) atoms. The Morgan fingerprint density at radius 2 is 1.84 bits per heavy atom. The van der Waals surface area contributed by atoms with Crippen molar-refractivity contribution in [1.82, 2.24) is 4.90 Å². The molecule has 2 rings (SSSR count). The van der Waals surface area contributed by atoms with E-state index < -0.39 is 6.10 Å². The van der Waals surface area contributed by atoms with Crippen LogP contribution in [0.25, 0.3) is 0 Å². The van der Waals surface area contributed by atoms with Crippen molar-refractivity contribution in [2.75, 3.05) is 6.54 Å². The Morgan fingerprint density at radius 3 is 2.40 bits per heavy atom. The molecule has 0 fully saturated rings. The third-order valence-corrected chi connectivity index (χ3v) is 3.65. The molecule has 0 bridgehead atoms. The first-order valence-corrected chi connectivity index (χ1v) is 8.18. The van der Waals surface area contributed by atoms with Crippen LogP contribution in [0.2, 0.25) is 0 Å². The summed E-state index contributed by atoms with van der Waals surface area (Å²) in [7, 11) is 0. The molecule has 0 saturated heterocycles. The van der Waals surface area contributed by atoms with Crippen LogP contribution in [-0.2, 0) is 0 Å². The molecule has 5 nitrogen and oxygen atoms in total. The third kappa shape index (κ3) is 5.07. The molecular weight excluding hydrogens is 316 g/mol. The zero-order valence-corrected chi connectivity index (χ0v) is 14.6. The van der Waals surface area contributed by atoms with E-state index in [0.29, 0.717) is 22.6 Å². The maximum Gasteiger partial charge on any atom is 0.254 e. The van der Waals surface area contributed by atoms with Gasteiger partial charge in [-0.2, -0.15) is 5.26 Å². The molecule has 0 heterocycles. The van der Waals surface area contributed by atoms with Gasteiger partial charge in [0.25, 0.3) is 5.91 Å². The molecule has 1 N–H and O–H groups in total. The van der Waals surface area contributed by atoms with Gasteiger partial charge in [-0.15, -0.1) is 0 Å². The molecule has 1 unspecified atom stereocenters. The van der Waals surface area contributed by atoms with Gasteiger partial charge >= 0.3 is 0 Å². The average molecular weight is 338 g/mol. The van der Waals surface area contributed by atoms with Gasteiger partial charge in [-0.1, -0.05) is 6.07 Å². The lowest BCUT2D eigenvalue weighted by molar-refractivity contribution is 0.0578. The number of nitrogens with zero attached hydrogens (tertiary/aromatic N) is 2. The SMILES string of the molecule is CC(O)CN(C(=O)c1cccc(Oc2ccc(C#N)cc2)c1)C(C)C. The maximum atomic E-state index is 12.7. The Bertz CT molecular complexity index is 761. The van der Waals surface area contributed by atoms with Crippen LogP contribution in [0.4, 0.5) is 0 Å². The number of aliphatic hydroxyl groups is 1. The first kappa shape index (κ1) is 18.5. The van der Waals surface area contributed by atoms with Gasteiger partial charge in [0.1, 0.15) is 11.5 Å². The van der Waals surface area contributed by atoms with Gasteiger partial charge in [0.15, 0.2) is 0 Å². The van der Waals surface area contributed by atoms with Gasteiger partial charge in [0, 0.05) is 18.2 Å². The number of nitriles is 1. The Balaban J connectivity index is 2.19. The van der Waals surface area contributed by atoms with Gasteiger partial charge in [-0.05, 0) is 63.2 Å². The molecule has 0 aliphatic rings. The number of benzene rings is 2. The predicted molar refractivity (Wildman–Crippen MR) is 95.5 cm³/mol. The van der Waals surface area contributed by atoms with E-state index in [2.05, 4.69) is 6.07 Å². The van der Waals surface area contributed by atoms with Crippen LogP contribution < -0.4 is 4.74 Å². The minimum atomic E-state index is -0.593. The highest BCUT2D eigenvalue weighted by Gasteiger charge is 2.20. The Labute approximate surface area is 148 Å². The van der Waals surface area contributed by atoms with E-state index in [-0.39, 0.29) is 18.5 Å².